The summed E-state index contributed by atoms with van der Waals surface area (Å²) >= 11 is 0. The molecule has 0 heterocycles. The average molecular weight is 320 g/mol. The van der Waals surface area contributed by atoms with Crippen LogP contribution in [0.25, 0.3) is 0 Å². The van der Waals surface area contributed by atoms with Gasteiger partial charge in [-0.2, -0.15) is 0 Å². The third kappa shape index (κ3) is 4.57. The Morgan fingerprint density at radius 1 is 1.09 bits per heavy atom. The number of anilines is 1. The SMILES string of the molecule is Cc1ccc(OCC(=O)Nc2ccc(S(N)(=O)=O)cc2)cc1. The number of rotatable bonds is 5. The highest BCUT2D eigenvalue weighted by Gasteiger charge is 2.08. The van der Waals surface area contributed by atoms with Gasteiger partial charge in [-0.15, -0.1) is 0 Å². The van der Waals surface area contributed by atoms with E-state index in [1.807, 2.05) is 19.1 Å². The first kappa shape index (κ1) is 16.0. The minimum atomic E-state index is -3.74. The van der Waals surface area contributed by atoms with E-state index in [-0.39, 0.29) is 17.4 Å². The molecule has 0 aliphatic rings. The molecule has 2 rings (SSSR count). The predicted molar refractivity (Wildman–Crippen MR) is 83.1 cm³/mol. The summed E-state index contributed by atoms with van der Waals surface area (Å²) in [4.78, 5) is 11.7. The largest absolute Gasteiger partial charge is 0.484 e. The van der Waals surface area contributed by atoms with Crippen LogP contribution in [0.3, 0.4) is 0 Å². The van der Waals surface area contributed by atoms with Crippen molar-refractivity contribution in [3.8, 4) is 5.75 Å². The molecule has 0 atom stereocenters. The molecule has 116 valence electrons. The van der Waals surface area contributed by atoms with Crippen LogP contribution in [0.2, 0.25) is 0 Å². The second-order valence-electron chi connectivity index (χ2n) is 4.72. The lowest BCUT2D eigenvalue weighted by Crippen LogP contribution is -2.20. The molecule has 1 amide bonds. The molecule has 0 saturated heterocycles. The summed E-state index contributed by atoms with van der Waals surface area (Å²) in [6.07, 6.45) is 0. The van der Waals surface area contributed by atoms with Crippen molar-refractivity contribution >= 4 is 21.6 Å². The molecule has 2 aromatic rings. The molecule has 0 aromatic heterocycles. The molecule has 0 spiro atoms. The monoisotopic (exact) mass is 320 g/mol. The summed E-state index contributed by atoms with van der Waals surface area (Å²) < 4.78 is 27.6. The third-order valence-electron chi connectivity index (χ3n) is 2.86. The summed E-state index contributed by atoms with van der Waals surface area (Å²) in [5, 5.41) is 7.60. The van der Waals surface area contributed by atoms with E-state index in [9.17, 15) is 13.2 Å². The maximum atomic E-state index is 11.8. The van der Waals surface area contributed by atoms with Crippen molar-refractivity contribution in [1.29, 1.82) is 0 Å². The lowest BCUT2D eigenvalue weighted by Gasteiger charge is -2.08. The number of sulfonamides is 1. The summed E-state index contributed by atoms with van der Waals surface area (Å²) in [6, 6.07) is 12.9. The summed E-state index contributed by atoms with van der Waals surface area (Å²) in [5.41, 5.74) is 1.57. The maximum Gasteiger partial charge on any atom is 0.262 e. The fourth-order valence-electron chi connectivity index (χ4n) is 1.71. The minimum Gasteiger partial charge on any atom is -0.484 e. The van der Waals surface area contributed by atoms with Crippen molar-refractivity contribution in [1.82, 2.24) is 0 Å². The number of amides is 1. The van der Waals surface area contributed by atoms with Gasteiger partial charge in [-0.1, -0.05) is 17.7 Å². The fraction of sp³-hybridized carbons (Fsp3) is 0.133. The van der Waals surface area contributed by atoms with E-state index in [4.69, 9.17) is 9.88 Å². The Morgan fingerprint density at radius 2 is 1.68 bits per heavy atom. The van der Waals surface area contributed by atoms with Crippen molar-refractivity contribution in [3.05, 3.63) is 54.1 Å². The van der Waals surface area contributed by atoms with Gasteiger partial charge in [-0.05, 0) is 43.3 Å². The number of primary sulfonamides is 1. The molecular weight excluding hydrogens is 304 g/mol. The molecule has 0 unspecified atom stereocenters. The molecule has 2 aromatic carbocycles. The first-order valence-corrected chi connectivity index (χ1v) is 8.01. The number of nitrogens with two attached hydrogens (primary N) is 1. The van der Waals surface area contributed by atoms with Crippen molar-refractivity contribution in [2.75, 3.05) is 11.9 Å². The van der Waals surface area contributed by atoms with Gasteiger partial charge in [0.2, 0.25) is 10.0 Å². The van der Waals surface area contributed by atoms with Gasteiger partial charge in [0.25, 0.3) is 5.91 Å². The van der Waals surface area contributed by atoms with Gasteiger partial charge in [0, 0.05) is 5.69 Å². The van der Waals surface area contributed by atoms with Crippen LogP contribution in [-0.2, 0) is 14.8 Å². The number of hydrogen-bond acceptors (Lipinski definition) is 4. The van der Waals surface area contributed by atoms with Gasteiger partial charge < -0.3 is 10.1 Å². The molecule has 0 bridgehead atoms. The zero-order chi connectivity index (χ0) is 16.2. The first-order chi connectivity index (χ1) is 10.3. The molecule has 6 nitrogen and oxygen atoms in total. The Labute approximate surface area is 129 Å². The fourth-order valence-corrected chi connectivity index (χ4v) is 2.22. The molecule has 0 radical (unpaired) electrons. The van der Waals surface area contributed by atoms with Gasteiger partial charge in [-0.3, -0.25) is 4.79 Å². The summed E-state index contributed by atoms with van der Waals surface area (Å²) in [5.74, 6) is 0.259. The quantitative estimate of drug-likeness (QED) is 0.875. The van der Waals surface area contributed by atoms with Gasteiger partial charge in [0.15, 0.2) is 6.61 Å². The summed E-state index contributed by atoms with van der Waals surface area (Å²) in [7, 11) is -3.74. The van der Waals surface area contributed by atoms with Crippen LogP contribution in [0.4, 0.5) is 5.69 Å². The molecular formula is C15H16N2O4S. The highest BCUT2D eigenvalue weighted by Crippen LogP contribution is 2.14. The van der Waals surface area contributed by atoms with E-state index in [1.54, 1.807) is 12.1 Å². The lowest BCUT2D eigenvalue weighted by atomic mass is 10.2. The highest BCUT2D eigenvalue weighted by atomic mass is 32.2. The van der Waals surface area contributed by atoms with Crippen molar-refractivity contribution < 1.29 is 17.9 Å². The van der Waals surface area contributed by atoms with E-state index >= 15 is 0 Å². The zero-order valence-corrected chi connectivity index (χ0v) is 12.8. The Balaban J connectivity index is 1.90. The first-order valence-electron chi connectivity index (χ1n) is 6.47. The molecule has 0 saturated carbocycles. The average Bonchev–Trinajstić information content (AvgIpc) is 2.46. The van der Waals surface area contributed by atoms with Crippen LogP contribution in [0.1, 0.15) is 5.56 Å². The van der Waals surface area contributed by atoms with Crippen molar-refractivity contribution in [2.45, 2.75) is 11.8 Å². The van der Waals surface area contributed by atoms with Gasteiger partial charge in [0.1, 0.15) is 5.75 Å². The van der Waals surface area contributed by atoms with E-state index < -0.39 is 10.0 Å². The van der Waals surface area contributed by atoms with Crippen LogP contribution >= 0.6 is 0 Å². The number of ether oxygens (including phenoxy) is 1. The Bertz CT molecular complexity index is 753. The van der Waals surface area contributed by atoms with Crippen LogP contribution in [0, 0.1) is 6.92 Å². The van der Waals surface area contributed by atoms with E-state index in [1.165, 1.54) is 24.3 Å². The Kier molecular flexibility index (Phi) is 4.79. The van der Waals surface area contributed by atoms with E-state index in [2.05, 4.69) is 5.32 Å². The lowest BCUT2D eigenvalue weighted by molar-refractivity contribution is -0.118. The maximum absolute atomic E-state index is 11.8. The zero-order valence-electron chi connectivity index (χ0n) is 11.9. The molecule has 0 fully saturated rings. The molecule has 3 N–H and O–H groups in total. The second-order valence-corrected chi connectivity index (χ2v) is 6.28. The smallest absolute Gasteiger partial charge is 0.262 e. The predicted octanol–water partition coefficient (Wildman–Crippen LogP) is 1.66. The minimum absolute atomic E-state index is 0.0126. The number of nitrogens with one attached hydrogen (secondary N) is 1. The molecule has 22 heavy (non-hydrogen) atoms. The Morgan fingerprint density at radius 3 is 2.23 bits per heavy atom. The van der Waals surface area contributed by atoms with E-state index in [0.717, 1.165) is 5.56 Å². The normalized spacial score (nSPS) is 11.0. The molecule has 0 aliphatic heterocycles. The third-order valence-corrected chi connectivity index (χ3v) is 3.79. The van der Waals surface area contributed by atoms with Crippen LogP contribution in [-0.4, -0.2) is 20.9 Å². The van der Waals surface area contributed by atoms with Crippen molar-refractivity contribution in [3.63, 3.8) is 0 Å². The van der Waals surface area contributed by atoms with Gasteiger partial charge in [0.05, 0.1) is 4.90 Å². The topological polar surface area (TPSA) is 98.5 Å². The van der Waals surface area contributed by atoms with Gasteiger partial charge >= 0.3 is 0 Å². The molecule has 7 heteroatoms. The Hall–Kier alpha value is -2.38. The van der Waals surface area contributed by atoms with Crippen molar-refractivity contribution in [2.24, 2.45) is 5.14 Å². The standard InChI is InChI=1S/C15H16N2O4S/c1-11-2-6-13(7-3-11)21-10-15(18)17-12-4-8-14(9-5-12)22(16,19)20/h2-9H,10H2,1H3,(H,17,18)(H2,16,19,20). The van der Waals surface area contributed by atoms with E-state index in [0.29, 0.717) is 11.4 Å². The van der Waals surface area contributed by atoms with Crippen LogP contribution in [0.5, 0.6) is 5.75 Å². The number of carbonyl (C=O) groups is 1. The highest BCUT2D eigenvalue weighted by molar-refractivity contribution is 7.89. The summed E-state index contributed by atoms with van der Waals surface area (Å²) in [6.45, 7) is 1.82. The number of benzene rings is 2. The number of aryl methyl sites for hydroxylation is 1. The van der Waals surface area contributed by atoms with Gasteiger partial charge in [-0.25, -0.2) is 13.6 Å². The molecule has 0 aliphatic carbocycles. The van der Waals surface area contributed by atoms with Crippen LogP contribution in [0.15, 0.2) is 53.4 Å². The second kappa shape index (κ2) is 6.59. The number of carbonyl (C=O) groups excluding carboxylic acids is 1. The number of hydrogen-bond donors (Lipinski definition) is 2. The van der Waals surface area contributed by atoms with Crippen LogP contribution < -0.4 is 15.2 Å².